The van der Waals surface area contributed by atoms with E-state index in [1.807, 2.05) is 30.3 Å². The summed E-state index contributed by atoms with van der Waals surface area (Å²) in [5.41, 5.74) is 1.05. The molecule has 0 radical (unpaired) electrons. The molecule has 3 rings (SSSR count). The lowest BCUT2D eigenvalue weighted by atomic mass is 10.1. The van der Waals surface area contributed by atoms with Crippen molar-refractivity contribution >= 4 is 39.0 Å². The molecule has 1 aliphatic rings. The van der Waals surface area contributed by atoms with Crippen molar-refractivity contribution in [2.24, 2.45) is 4.99 Å². The number of halogens is 1. The average Bonchev–Trinajstić information content (AvgIpc) is 2.97. The minimum Gasteiger partial charge on any atom is -0.504 e. The van der Waals surface area contributed by atoms with E-state index in [1.54, 1.807) is 0 Å². The van der Waals surface area contributed by atoms with Gasteiger partial charge in [0.25, 0.3) is 5.91 Å². The van der Waals surface area contributed by atoms with Crippen LogP contribution in [0.3, 0.4) is 0 Å². The van der Waals surface area contributed by atoms with Crippen molar-refractivity contribution in [3.8, 4) is 5.75 Å². The number of guanidine groups is 1. The number of phenolic OH excluding ortho intramolecular Hbond substituents is 1. The number of hydrogen-bond acceptors (Lipinski definition) is 6. The molecule has 0 saturated heterocycles. The molecule has 28 heavy (non-hydrogen) atoms. The van der Waals surface area contributed by atoms with Crippen LogP contribution in [0.4, 0.5) is 5.69 Å². The fraction of sp³-hybridized carbons (Fsp3) is 0.263. The number of anilines is 1. The van der Waals surface area contributed by atoms with Crippen LogP contribution in [0.25, 0.3) is 0 Å². The summed E-state index contributed by atoms with van der Waals surface area (Å²) in [5.74, 6) is -0.657. The molecule has 1 atom stereocenters. The Labute approximate surface area is 168 Å². The van der Waals surface area contributed by atoms with Gasteiger partial charge >= 0.3 is 0 Å². The Morgan fingerprint density at radius 2 is 1.89 bits per heavy atom. The summed E-state index contributed by atoms with van der Waals surface area (Å²) in [7, 11) is -3.81. The second-order valence-electron chi connectivity index (χ2n) is 6.66. The SMILES string of the molecule is CC(C)S(=O)(=O)c1c(Cl)ccc(NC2=N[C@@H](Cc3ccccc3)C(=O)N2)c1O. The molecule has 1 heterocycles. The standard InChI is InChI=1S/C19H20ClN3O4S/c1-11(2)28(26,27)17-13(20)8-9-14(16(17)24)21-19-22-15(18(25)23-19)10-12-6-4-3-5-7-12/h3-9,11,15,24H,10H2,1-2H3,(H2,21,22,23,25)/t15-/m0/s1. The maximum Gasteiger partial charge on any atom is 0.251 e. The number of sulfone groups is 1. The number of phenols is 1. The first-order chi connectivity index (χ1) is 13.2. The zero-order valence-corrected chi connectivity index (χ0v) is 16.9. The van der Waals surface area contributed by atoms with Gasteiger partial charge in [0.05, 0.1) is 16.0 Å². The molecular weight excluding hydrogens is 402 g/mol. The summed E-state index contributed by atoms with van der Waals surface area (Å²) >= 11 is 6.02. The third-order valence-electron chi connectivity index (χ3n) is 4.34. The fourth-order valence-corrected chi connectivity index (χ4v) is 4.43. The lowest BCUT2D eigenvalue weighted by Gasteiger charge is -2.15. The predicted octanol–water partition coefficient (Wildman–Crippen LogP) is 2.74. The number of carbonyl (C=O) groups is 1. The van der Waals surface area contributed by atoms with Crippen molar-refractivity contribution in [3.63, 3.8) is 0 Å². The highest BCUT2D eigenvalue weighted by atomic mass is 35.5. The number of rotatable bonds is 5. The Morgan fingerprint density at radius 1 is 1.21 bits per heavy atom. The van der Waals surface area contributed by atoms with Crippen LogP contribution in [0, 0.1) is 0 Å². The minimum atomic E-state index is -3.81. The van der Waals surface area contributed by atoms with Gasteiger partial charge in [-0.2, -0.15) is 0 Å². The van der Waals surface area contributed by atoms with Crippen molar-refractivity contribution in [2.45, 2.75) is 36.5 Å². The molecule has 2 aromatic carbocycles. The van der Waals surface area contributed by atoms with Gasteiger partial charge in [-0.15, -0.1) is 0 Å². The second-order valence-corrected chi connectivity index (χ2v) is 9.51. The maximum atomic E-state index is 12.5. The quantitative estimate of drug-likeness (QED) is 0.643. The second kappa shape index (κ2) is 7.81. The monoisotopic (exact) mass is 421 g/mol. The molecular formula is C19H20ClN3O4S. The van der Waals surface area contributed by atoms with E-state index in [2.05, 4.69) is 15.6 Å². The van der Waals surface area contributed by atoms with Gasteiger partial charge in [0.15, 0.2) is 15.6 Å². The Morgan fingerprint density at radius 3 is 2.54 bits per heavy atom. The third-order valence-corrected chi connectivity index (χ3v) is 6.99. The topological polar surface area (TPSA) is 108 Å². The van der Waals surface area contributed by atoms with Gasteiger partial charge in [0, 0.05) is 6.42 Å². The molecule has 0 saturated carbocycles. The van der Waals surface area contributed by atoms with Gasteiger partial charge in [0.1, 0.15) is 10.9 Å². The number of nitrogens with one attached hydrogen (secondary N) is 2. The normalized spacial score (nSPS) is 16.8. The van der Waals surface area contributed by atoms with E-state index >= 15 is 0 Å². The molecule has 0 fully saturated rings. The van der Waals surface area contributed by atoms with Crippen LogP contribution in [-0.2, 0) is 21.1 Å². The van der Waals surface area contributed by atoms with Crippen molar-refractivity contribution in [2.75, 3.05) is 5.32 Å². The number of benzene rings is 2. The first-order valence-electron chi connectivity index (χ1n) is 8.65. The molecule has 0 bridgehead atoms. The molecule has 0 aliphatic carbocycles. The smallest absolute Gasteiger partial charge is 0.251 e. The zero-order chi connectivity index (χ0) is 20.5. The molecule has 1 aliphatic heterocycles. The molecule has 7 nitrogen and oxygen atoms in total. The first-order valence-corrected chi connectivity index (χ1v) is 10.6. The van der Waals surface area contributed by atoms with E-state index < -0.39 is 26.9 Å². The lowest BCUT2D eigenvalue weighted by molar-refractivity contribution is -0.120. The molecule has 0 aromatic heterocycles. The van der Waals surface area contributed by atoms with Crippen molar-refractivity contribution < 1.29 is 18.3 Å². The number of carbonyl (C=O) groups excluding carboxylic acids is 1. The van der Waals surface area contributed by atoms with Crippen LogP contribution in [0.5, 0.6) is 5.75 Å². The van der Waals surface area contributed by atoms with Gasteiger partial charge in [-0.05, 0) is 31.5 Å². The number of nitrogens with zero attached hydrogens (tertiary/aromatic N) is 1. The third kappa shape index (κ3) is 3.98. The van der Waals surface area contributed by atoms with Crippen LogP contribution in [0.1, 0.15) is 19.4 Å². The summed E-state index contributed by atoms with van der Waals surface area (Å²) in [6, 6.07) is 11.7. The summed E-state index contributed by atoms with van der Waals surface area (Å²) in [5, 5.41) is 15.0. The van der Waals surface area contributed by atoms with Crippen molar-refractivity contribution in [1.29, 1.82) is 0 Å². The van der Waals surface area contributed by atoms with Crippen molar-refractivity contribution in [1.82, 2.24) is 5.32 Å². The Balaban J connectivity index is 1.86. The molecule has 3 N–H and O–H groups in total. The lowest BCUT2D eigenvalue weighted by Crippen LogP contribution is -2.33. The van der Waals surface area contributed by atoms with Gasteiger partial charge < -0.3 is 10.4 Å². The van der Waals surface area contributed by atoms with Crippen LogP contribution in [0.15, 0.2) is 52.4 Å². The number of amides is 1. The number of aliphatic imine (C=N–C) groups is 1. The Bertz CT molecular complexity index is 1040. The summed E-state index contributed by atoms with van der Waals surface area (Å²) in [4.78, 5) is 16.1. The predicted molar refractivity (Wildman–Crippen MR) is 109 cm³/mol. The minimum absolute atomic E-state index is 0.0731. The van der Waals surface area contributed by atoms with E-state index in [0.29, 0.717) is 6.42 Å². The van der Waals surface area contributed by atoms with Crippen molar-refractivity contribution in [3.05, 3.63) is 53.1 Å². The van der Waals surface area contributed by atoms with Crippen LogP contribution < -0.4 is 10.6 Å². The average molecular weight is 422 g/mol. The van der Waals surface area contributed by atoms with E-state index in [0.717, 1.165) is 5.56 Å². The first kappa shape index (κ1) is 20.2. The molecule has 148 valence electrons. The van der Waals surface area contributed by atoms with Crippen LogP contribution in [0.2, 0.25) is 5.02 Å². The Hall–Kier alpha value is -2.58. The van der Waals surface area contributed by atoms with Crippen LogP contribution in [-0.4, -0.2) is 36.7 Å². The zero-order valence-electron chi connectivity index (χ0n) is 15.3. The molecule has 0 unspecified atom stereocenters. The highest BCUT2D eigenvalue weighted by Gasteiger charge is 2.30. The van der Waals surface area contributed by atoms with Gasteiger partial charge in [-0.3, -0.25) is 10.1 Å². The van der Waals surface area contributed by atoms with Gasteiger partial charge in [-0.25, -0.2) is 13.4 Å². The molecule has 2 aromatic rings. The summed E-state index contributed by atoms with van der Waals surface area (Å²) < 4.78 is 25.0. The van der Waals surface area contributed by atoms with E-state index in [9.17, 15) is 18.3 Å². The molecule has 1 amide bonds. The molecule has 0 spiro atoms. The van der Waals surface area contributed by atoms with E-state index in [4.69, 9.17) is 11.6 Å². The Kier molecular flexibility index (Phi) is 5.62. The summed E-state index contributed by atoms with van der Waals surface area (Å²) in [6.45, 7) is 3.00. The van der Waals surface area contributed by atoms with Gasteiger partial charge in [-0.1, -0.05) is 41.9 Å². The largest absolute Gasteiger partial charge is 0.504 e. The molecule has 9 heteroatoms. The number of hydrogen-bond donors (Lipinski definition) is 3. The highest BCUT2D eigenvalue weighted by molar-refractivity contribution is 7.92. The fourth-order valence-electron chi connectivity index (χ4n) is 2.77. The van der Waals surface area contributed by atoms with Crippen LogP contribution >= 0.6 is 11.6 Å². The maximum absolute atomic E-state index is 12.5. The van der Waals surface area contributed by atoms with E-state index in [-0.39, 0.29) is 27.5 Å². The number of aromatic hydroxyl groups is 1. The van der Waals surface area contributed by atoms with E-state index in [1.165, 1.54) is 26.0 Å². The van der Waals surface area contributed by atoms with Gasteiger partial charge in [0.2, 0.25) is 5.96 Å². The summed E-state index contributed by atoms with van der Waals surface area (Å²) in [6.07, 6.45) is 0.428. The highest BCUT2D eigenvalue weighted by Crippen LogP contribution is 2.38.